The molecule has 2 unspecified atom stereocenters. The Bertz CT molecular complexity index is 749. The van der Waals surface area contributed by atoms with Gasteiger partial charge in [0.25, 0.3) is 0 Å². The maximum Gasteiger partial charge on any atom is 0.193 e. The van der Waals surface area contributed by atoms with Gasteiger partial charge in [-0.3, -0.25) is 9.67 Å². The lowest BCUT2D eigenvalue weighted by Crippen LogP contribution is -2.40. The highest BCUT2D eigenvalue weighted by atomic mass is 127. The predicted molar refractivity (Wildman–Crippen MR) is 129 cm³/mol. The highest BCUT2D eigenvalue weighted by Crippen LogP contribution is 2.26. The summed E-state index contributed by atoms with van der Waals surface area (Å²) in [5.41, 5.74) is 2.54. The van der Waals surface area contributed by atoms with Crippen molar-refractivity contribution >= 4 is 29.9 Å². The van der Waals surface area contributed by atoms with Gasteiger partial charge in [-0.25, -0.2) is 0 Å². The van der Waals surface area contributed by atoms with Gasteiger partial charge in [0.15, 0.2) is 5.96 Å². The molecule has 6 nitrogen and oxygen atoms in total. The molecule has 160 valence electrons. The first kappa shape index (κ1) is 23.7. The summed E-state index contributed by atoms with van der Waals surface area (Å²) in [4.78, 5) is 7.20. The van der Waals surface area contributed by atoms with Crippen LogP contribution in [0, 0.1) is 0 Å². The fraction of sp³-hybridized carbons (Fsp3) is 0.545. The van der Waals surface area contributed by atoms with Crippen LogP contribution in [0.3, 0.4) is 0 Å². The lowest BCUT2D eigenvalue weighted by Gasteiger charge is -2.21. The molecule has 2 heterocycles. The third-order valence-corrected chi connectivity index (χ3v) is 5.22. The number of hydrogen-bond acceptors (Lipinski definition) is 3. The number of halogens is 1. The molecule has 2 atom stereocenters. The molecule has 1 aliphatic rings. The lowest BCUT2D eigenvalue weighted by atomic mass is 10.0. The fourth-order valence-corrected chi connectivity index (χ4v) is 3.63. The molecule has 0 aliphatic carbocycles. The van der Waals surface area contributed by atoms with Crippen molar-refractivity contribution in [2.75, 3.05) is 32.8 Å². The number of nitrogens with one attached hydrogen (secondary N) is 1. The predicted octanol–water partition coefficient (Wildman–Crippen LogP) is 3.96. The first-order valence-electron chi connectivity index (χ1n) is 10.4. The second-order valence-corrected chi connectivity index (χ2v) is 7.39. The third kappa shape index (κ3) is 6.99. The highest BCUT2D eigenvalue weighted by molar-refractivity contribution is 14.0. The average molecular weight is 511 g/mol. The van der Waals surface area contributed by atoms with E-state index in [-0.39, 0.29) is 30.1 Å². The Morgan fingerprint density at radius 3 is 2.83 bits per heavy atom. The van der Waals surface area contributed by atoms with E-state index in [1.54, 1.807) is 0 Å². The van der Waals surface area contributed by atoms with E-state index in [1.807, 2.05) is 24.0 Å². The molecule has 3 rings (SSSR count). The Balaban J connectivity index is 0.00000300. The molecular formula is C22H34IN5O. The Labute approximate surface area is 191 Å². The largest absolute Gasteiger partial charge is 0.374 e. The topological polar surface area (TPSA) is 54.7 Å². The number of rotatable bonds is 8. The van der Waals surface area contributed by atoms with Crippen LogP contribution in [0.4, 0.5) is 0 Å². The second-order valence-electron chi connectivity index (χ2n) is 7.39. The molecule has 1 saturated heterocycles. The highest BCUT2D eigenvalue weighted by Gasteiger charge is 2.26. The zero-order valence-corrected chi connectivity index (χ0v) is 20.1. The molecular weight excluding hydrogens is 477 g/mol. The Hall–Kier alpha value is -1.61. The summed E-state index contributed by atoms with van der Waals surface area (Å²) in [5.74, 6) is 1.55. The summed E-state index contributed by atoms with van der Waals surface area (Å²) in [7, 11) is 1.97. The van der Waals surface area contributed by atoms with Crippen molar-refractivity contribution in [3.05, 3.63) is 53.9 Å². The van der Waals surface area contributed by atoms with Gasteiger partial charge >= 0.3 is 0 Å². The van der Waals surface area contributed by atoms with Crippen LogP contribution in [0.5, 0.6) is 0 Å². The van der Waals surface area contributed by atoms with E-state index >= 15 is 0 Å². The summed E-state index contributed by atoms with van der Waals surface area (Å²) in [6, 6.07) is 10.4. The molecule has 0 radical (unpaired) electrons. The van der Waals surface area contributed by atoms with Crippen molar-refractivity contribution in [1.29, 1.82) is 0 Å². The number of nitrogens with zero attached hydrogens (tertiary/aromatic N) is 4. The van der Waals surface area contributed by atoms with Crippen molar-refractivity contribution in [3.63, 3.8) is 0 Å². The van der Waals surface area contributed by atoms with Gasteiger partial charge in [0.2, 0.25) is 0 Å². The number of aryl methyl sites for hydroxylation is 1. The minimum Gasteiger partial charge on any atom is -0.374 e. The Kier molecular flexibility index (Phi) is 9.93. The number of ether oxygens (including phenoxy) is 1. The quantitative estimate of drug-likeness (QED) is 0.252. The summed E-state index contributed by atoms with van der Waals surface area (Å²) in [6.45, 7) is 8.63. The van der Waals surface area contributed by atoms with Crippen LogP contribution in [-0.2, 0) is 11.8 Å². The van der Waals surface area contributed by atoms with Gasteiger partial charge in [0.05, 0.1) is 12.3 Å². The lowest BCUT2D eigenvalue weighted by molar-refractivity contribution is 0.0651. The van der Waals surface area contributed by atoms with E-state index < -0.39 is 0 Å². The Morgan fingerprint density at radius 1 is 1.34 bits per heavy atom. The van der Waals surface area contributed by atoms with Crippen LogP contribution in [0.25, 0.3) is 0 Å². The number of aromatic nitrogens is 2. The minimum absolute atomic E-state index is 0. The Morgan fingerprint density at radius 2 is 2.14 bits per heavy atom. The van der Waals surface area contributed by atoms with Crippen molar-refractivity contribution in [2.45, 2.75) is 38.7 Å². The summed E-state index contributed by atoms with van der Waals surface area (Å²) < 4.78 is 7.84. The van der Waals surface area contributed by atoms with E-state index in [0.717, 1.165) is 51.6 Å². The van der Waals surface area contributed by atoms with Crippen molar-refractivity contribution in [2.24, 2.45) is 12.0 Å². The monoisotopic (exact) mass is 511 g/mol. The van der Waals surface area contributed by atoms with Gasteiger partial charge in [-0.1, -0.05) is 30.3 Å². The number of hydrogen-bond donors (Lipinski definition) is 1. The van der Waals surface area contributed by atoms with Gasteiger partial charge < -0.3 is 15.0 Å². The van der Waals surface area contributed by atoms with Crippen LogP contribution in [0.1, 0.15) is 49.8 Å². The molecule has 0 saturated carbocycles. The van der Waals surface area contributed by atoms with Gasteiger partial charge in [-0.2, -0.15) is 5.10 Å². The zero-order chi connectivity index (χ0) is 19.8. The SMILES string of the molecule is CCNC(=NCCCOC(C)c1ccccc1)N1CCC(c2cnn(C)c2)C1.I. The van der Waals surface area contributed by atoms with E-state index in [4.69, 9.17) is 9.73 Å². The third-order valence-electron chi connectivity index (χ3n) is 5.22. The second kappa shape index (κ2) is 12.2. The standard InChI is InChI=1S/C22H33N5O.HI/c1-4-23-22(27-13-11-20(17-27)21-15-25-26(3)16-21)24-12-8-14-28-18(2)19-9-6-5-7-10-19;/h5-7,9-10,15-16,18,20H,4,8,11-14,17H2,1-3H3,(H,23,24);1H. The van der Waals surface area contributed by atoms with E-state index in [1.165, 1.54) is 11.1 Å². The molecule has 1 aromatic heterocycles. The maximum absolute atomic E-state index is 5.96. The molecule has 1 N–H and O–H groups in total. The van der Waals surface area contributed by atoms with E-state index in [0.29, 0.717) is 5.92 Å². The van der Waals surface area contributed by atoms with Gasteiger partial charge in [-0.05, 0) is 37.8 Å². The molecule has 29 heavy (non-hydrogen) atoms. The first-order chi connectivity index (χ1) is 13.7. The average Bonchev–Trinajstić information content (AvgIpc) is 3.36. The van der Waals surface area contributed by atoms with Crippen LogP contribution in [0.2, 0.25) is 0 Å². The molecule has 1 aliphatic heterocycles. The number of guanidine groups is 1. The van der Waals surface area contributed by atoms with Crippen molar-refractivity contribution in [1.82, 2.24) is 20.0 Å². The molecule has 1 fully saturated rings. The van der Waals surface area contributed by atoms with E-state index in [2.05, 4.69) is 59.6 Å². The van der Waals surface area contributed by atoms with Gasteiger partial charge in [-0.15, -0.1) is 24.0 Å². The van der Waals surface area contributed by atoms with Crippen LogP contribution in [0.15, 0.2) is 47.7 Å². The molecule has 0 bridgehead atoms. The minimum atomic E-state index is 0. The fourth-order valence-electron chi connectivity index (χ4n) is 3.63. The maximum atomic E-state index is 5.96. The smallest absolute Gasteiger partial charge is 0.193 e. The van der Waals surface area contributed by atoms with Gasteiger partial charge in [0, 0.05) is 51.9 Å². The summed E-state index contributed by atoms with van der Waals surface area (Å²) >= 11 is 0. The first-order valence-corrected chi connectivity index (χ1v) is 10.4. The van der Waals surface area contributed by atoms with Crippen molar-refractivity contribution < 1.29 is 4.74 Å². The molecule has 2 aromatic rings. The normalized spacial score (nSPS) is 17.8. The summed E-state index contributed by atoms with van der Waals surface area (Å²) in [6.07, 6.45) is 6.31. The molecule has 1 aromatic carbocycles. The number of aliphatic imine (C=N–C) groups is 1. The zero-order valence-electron chi connectivity index (χ0n) is 17.8. The van der Waals surface area contributed by atoms with Crippen LogP contribution >= 0.6 is 24.0 Å². The summed E-state index contributed by atoms with van der Waals surface area (Å²) in [5, 5.41) is 7.75. The van der Waals surface area contributed by atoms with Crippen LogP contribution in [-0.4, -0.2) is 53.4 Å². The molecule has 0 spiro atoms. The number of benzene rings is 1. The van der Waals surface area contributed by atoms with Crippen LogP contribution < -0.4 is 5.32 Å². The van der Waals surface area contributed by atoms with Crippen molar-refractivity contribution in [3.8, 4) is 0 Å². The molecule has 0 amide bonds. The number of likely N-dealkylation sites (tertiary alicyclic amines) is 1. The molecule has 7 heteroatoms. The van der Waals surface area contributed by atoms with Gasteiger partial charge in [0.1, 0.15) is 0 Å². The van der Waals surface area contributed by atoms with E-state index in [9.17, 15) is 0 Å².